The number of hydrogen-bond acceptors (Lipinski definition) is 3. The third-order valence-electron chi connectivity index (χ3n) is 2.65. The average molecular weight is 258 g/mol. The van der Waals surface area contributed by atoms with Crippen LogP contribution in [0.15, 0.2) is 42.6 Å². The second kappa shape index (κ2) is 5.52. The van der Waals surface area contributed by atoms with Crippen LogP contribution in [0.25, 0.3) is 0 Å². The summed E-state index contributed by atoms with van der Waals surface area (Å²) < 4.78 is 0. The number of nitriles is 1. The Bertz CT molecular complexity index is 572. The van der Waals surface area contributed by atoms with Gasteiger partial charge in [-0.2, -0.15) is 5.26 Å². The molecule has 1 aromatic heterocycles. The summed E-state index contributed by atoms with van der Waals surface area (Å²) >= 11 is 5.85. The lowest BCUT2D eigenvalue weighted by atomic mass is 10.1. The molecule has 0 aliphatic heterocycles. The molecule has 0 radical (unpaired) electrons. The predicted molar refractivity (Wildman–Crippen MR) is 72.4 cm³/mol. The Morgan fingerprint density at radius 3 is 2.67 bits per heavy atom. The van der Waals surface area contributed by atoms with Crippen LogP contribution in [0.5, 0.6) is 0 Å². The molecule has 2 aromatic rings. The second-order valence-electron chi connectivity index (χ2n) is 3.93. The molecule has 1 atom stereocenters. The fraction of sp³-hybridized carbons (Fsp3) is 0.143. The molecule has 0 unspecified atom stereocenters. The maximum Gasteiger partial charge on any atom is 0.144 e. The first-order valence-electron chi connectivity index (χ1n) is 5.58. The lowest BCUT2D eigenvalue weighted by molar-refractivity contribution is 0.873. The van der Waals surface area contributed by atoms with Crippen LogP contribution in [0, 0.1) is 11.3 Å². The van der Waals surface area contributed by atoms with E-state index in [-0.39, 0.29) is 6.04 Å². The quantitative estimate of drug-likeness (QED) is 0.910. The molecule has 0 fully saturated rings. The molecule has 0 saturated carbocycles. The van der Waals surface area contributed by atoms with Gasteiger partial charge in [0.2, 0.25) is 0 Å². The molecule has 0 aliphatic carbocycles. The summed E-state index contributed by atoms with van der Waals surface area (Å²) in [5.41, 5.74) is 1.63. The molecule has 1 N–H and O–H groups in total. The molecule has 18 heavy (non-hydrogen) atoms. The fourth-order valence-corrected chi connectivity index (χ4v) is 1.78. The summed E-state index contributed by atoms with van der Waals surface area (Å²) in [6.07, 6.45) is 1.66. The zero-order chi connectivity index (χ0) is 13.0. The number of benzene rings is 1. The summed E-state index contributed by atoms with van der Waals surface area (Å²) in [4.78, 5) is 4.17. The molecular formula is C14H12ClN3. The van der Waals surface area contributed by atoms with Crippen LogP contribution < -0.4 is 5.32 Å². The highest BCUT2D eigenvalue weighted by Gasteiger charge is 2.08. The maximum absolute atomic E-state index is 8.99. The number of nitrogens with one attached hydrogen (secondary N) is 1. The summed E-state index contributed by atoms with van der Waals surface area (Å²) in [6.45, 7) is 2.01. The van der Waals surface area contributed by atoms with Crippen molar-refractivity contribution >= 4 is 17.4 Å². The minimum absolute atomic E-state index is 0.0595. The standard InChI is InChI=1S/C14H12ClN3/c1-10(11-4-6-13(15)7-5-11)18-14-12(9-16)3-2-8-17-14/h2-8,10H,1H3,(H,17,18)/t10-/m1/s1. The van der Waals surface area contributed by atoms with Crippen molar-refractivity contribution in [2.75, 3.05) is 5.32 Å². The highest BCUT2D eigenvalue weighted by molar-refractivity contribution is 6.30. The van der Waals surface area contributed by atoms with E-state index in [9.17, 15) is 0 Å². The first-order valence-corrected chi connectivity index (χ1v) is 5.95. The third-order valence-corrected chi connectivity index (χ3v) is 2.90. The summed E-state index contributed by atoms with van der Waals surface area (Å²) in [5, 5.41) is 12.9. The predicted octanol–water partition coefficient (Wildman–Crippen LogP) is 3.78. The number of anilines is 1. The van der Waals surface area contributed by atoms with Gasteiger partial charge in [0, 0.05) is 17.3 Å². The molecule has 0 saturated heterocycles. The number of nitrogens with zero attached hydrogens (tertiary/aromatic N) is 2. The molecule has 2 rings (SSSR count). The molecule has 0 spiro atoms. The van der Waals surface area contributed by atoms with Gasteiger partial charge in [0.05, 0.1) is 5.56 Å². The van der Waals surface area contributed by atoms with Crippen LogP contribution in [-0.2, 0) is 0 Å². The number of halogens is 1. The van der Waals surface area contributed by atoms with Crippen molar-refractivity contribution in [3.8, 4) is 6.07 Å². The van der Waals surface area contributed by atoms with Gasteiger partial charge in [-0.1, -0.05) is 23.7 Å². The molecule has 1 heterocycles. The smallest absolute Gasteiger partial charge is 0.144 e. The van der Waals surface area contributed by atoms with E-state index in [1.165, 1.54) is 0 Å². The Kier molecular flexibility index (Phi) is 3.81. The van der Waals surface area contributed by atoms with Crippen molar-refractivity contribution in [1.82, 2.24) is 4.98 Å². The lowest BCUT2D eigenvalue weighted by Gasteiger charge is -2.15. The molecule has 0 amide bonds. The van der Waals surface area contributed by atoms with Crippen LogP contribution in [0.2, 0.25) is 5.02 Å². The Hall–Kier alpha value is -2.05. The average Bonchev–Trinajstić information content (AvgIpc) is 2.40. The van der Waals surface area contributed by atoms with Gasteiger partial charge in [-0.3, -0.25) is 0 Å². The SMILES string of the molecule is C[C@@H](Nc1ncccc1C#N)c1ccc(Cl)cc1. The Labute approximate surface area is 111 Å². The third kappa shape index (κ3) is 2.79. The van der Waals surface area contributed by atoms with Crippen LogP contribution in [0.1, 0.15) is 24.1 Å². The van der Waals surface area contributed by atoms with Gasteiger partial charge >= 0.3 is 0 Å². The van der Waals surface area contributed by atoms with Gasteiger partial charge < -0.3 is 5.32 Å². The summed E-state index contributed by atoms with van der Waals surface area (Å²) in [6, 6.07) is 13.3. The Morgan fingerprint density at radius 1 is 1.28 bits per heavy atom. The van der Waals surface area contributed by atoms with Crippen molar-refractivity contribution in [3.63, 3.8) is 0 Å². The van der Waals surface area contributed by atoms with Crippen molar-refractivity contribution in [3.05, 3.63) is 58.7 Å². The number of hydrogen-bond donors (Lipinski definition) is 1. The molecular weight excluding hydrogens is 246 g/mol. The van der Waals surface area contributed by atoms with Gasteiger partial charge in [-0.25, -0.2) is 4.98 Å². The Balaban J connectivity index is 2.19. The Morgan fingerprint density at radius 2 is 2.00 bits per heavy atom. The van der Waals surface area contributed by atoms with E-state index in [0.29, 0.717) is 16.4 Å². The van der Waals surface area contributed by atoms with Crippen molar-refractivity contribution in [2.45, 2.75) is 13.0 Å². The van der Waals surface area contributed by atoms with E-state index in [1.54, 1.807) is 18.3 Å². The van der Waals surface area contributed by atoms with Crippen LogP contribution in [0.4, 0.5) is 5.82 Å². The van der Waals surface area contributed by atoms with E-state index < -0.39 is 0 Å². The first-order chi connectivity index (χ1) is 8.70. The summed E-state index contributed by atoms with van der Waals surface area (Å²) in [5.74, 6) is 0.599. The van der Waals surface area contributed by atoms with Gasteiger partial charge in [0.15, 0.2) is 0 Å². The largest absolute Gasteiger partial charge is 0.362 e. The van der Waals surface area contributed by atoms with E-state index in [2.05, 4.69) is 16.4 Å². The molecule has 1 aromatic carbocycles. The van der Waals surface area contributed by atoms with E-state index >= 15 is 0 Å². The van der Waals surface area contributed by atoms with Crippen LogP contribution >= 0.6 is 11.6 Å². The lowest BCUT2D eigenvalue weighted by Crippen LogP contribution is -2.09. The minimum Gasteiger partial charge on any atom is -0.362 e. The number of aromatic nitrogens is 1. The zero-order valence-corrected chi connectivity index (χ0v) is 10.6. The zero-order valence-electron chi connectivity index (χ0n) is 9.89. The maximum atomic E-state index is 8.99. The first kappa shape index (κ1) is 12.4. The highest BCUT2D eigenvalue weighted by atomic mass is 35.5. The van der Waals surface area contributed by atoms with Crippen molar-refractivity contribution in [2.24, 2.45) is 0 Å². The molecule has 90 valence electrons. The second-order valence-corrected chi connectivity index (χ2v) is 4.37. The van der Waals surface area contributed by atoms with Crippen molar-refractivity contribution < 1.29 is 0 Å². The topological polar surface area (TPSA) is 48.7 Å². The van der Waals surface area contributed by atoms with Crippen LogP contribution in [-0.4, -0.2) is 4.98 Å². The van der Waals surface area contributed by atoms with E-state index in [0.717, 1.165) is 5.56 Å². The highest BCUT2D eigenvalue weighted by Crippen LogP contribution is 2.21. The summed E-state index contributed by atoms with van der Waals surface area (Å²) in [7, 11) is 0. The van der Waals surface area contributed by atoms with Crippen molar-refractivity contribution in [1.29, 1.82) is 5.26 Å². The van der Waals surface area contributed by atoms with Gasteiger partial charge in [0.25, 0.3) is 0 Å². The normalized spacial score (nSPS) is 11.6. The molecule has 0 aliphatic rings. The van der Waals surface area contributed by atoms with E-state index in [1.807, 2.05) is 31.2 Å². The van der Waals surface area contributed by atoms with E-state index in [4.69, 9.17) is 16.9 Å². The van der Waals surface area contributed by atoms with Crippen LogP contribution in [0.3, 0.4) is 0 Å². The van der Waals surface area contributed by atoms with Gasteiger partial charge in [0.1, 0.15) is 11.9 Å². The van der Waals surface area contributed by atoms with Gasteiger partial charge in [-0.15, -0.1) is 0 Å². The number of rotatable bonds is 3. The molecule has 0 bridgehead atoms. The fourth-order valence-electron chi connectivity index (χ4n) is 1.65. The monoisotopic (exact) mass is 257 g/mol. The molecule has 4 heteroatoms. The molecule has 3 nitrogen and oxygen atoms in total. The minimum atomic E-state index is 0.0595. The number of pyridine rings is 1. The van der Waals surface area contributed by atoms with Gasteiger partial charge in [-0.05, 0) is 36.8 Å².